The molecule has 0 fully saturated rings. The minimum atomic E-state index is -3.54. The Kier molecular flexibility index (Phi) is 5.17. The van der Waals surface area contributed by atoms with Crippen molar-refractivity contribution in [2.45, 2.75) is 4.21 Å². The first kappa shape index (κ1) is 17.6. The molecule has 2 aromatic carbocycles. The quantitative estimate of drug-likeness (QED) is 0.620. The highest BCUT2D eigenvalue weighted by Gasteiger charge is 2.14. The van der Waals surface area contributed by atoms with Crippen molar-refractivity contribution in [2.24, 2.45) is 0 Å². The highest BCUT2D eigenvalue weighted by molar-refractivity contribution is 7.94. The van der Waals surface area contributed by atoms with Crippen LogP contribution in [-0.2, 0) is 10.0 Å². The second-order valence-electron chi connectivity index (χ2n) is 5.09. The lowest BCUT2D eigenvalue weighted by atomic mass is 10.2. The molecule has 25 heavy (non-hydrogen) atoms. The fraction of sp³-hybridized carbons (Fsp3) is 0.0588. The molecule has 0 atom stereocenters. The first-order valence-corrected chi connectivity index (χ1v) is 9.99. The molecule has 5 nitrogen and oxygen atoms in total. The van der Waals surface area contributed by atoms with Crippen molar-refractivity contribution in [3.05, 3.63) is 65.0 Å². The second kappa shape index (κ2) is 7.35. The molecule has 0 saturated carbocycles. The number of halogens is 1. The van der Waals surface area contributed by atoms with Crippen molar-refractivity contribution >= 4 is 50.0 Å². The van der Waals surface area contributed by atoms with Gasteiger partial charge in [-0.1, -0.05) is 17.7 Å². The number of ether oxygens (including phenoxy) is 1. The largest absolute Gasteiger partial charge is 0.495 e. The molecule has 1 heterocycles. The van der Waals surface area contributed by atoms with Crippen molar-refractivity contribution in [3.8, 4) is 5.75 Å². The molecule has 3 aromatic rings. The van der Waals surface area contributed by atoms with Gasteiger partial charge in [0.1, 0.15) is 9.96 Å². The Morgan fingerprint density at radius 1 is 1.00 bits per heavy atom. The maximum Gasteiger partial charge on any atom is 0.271 e. The van der Waals surface area contributed by atoms with E-state index in [9.17, 15) is 8.42 Å². The topological polar surface area (TPSA) is 67.4 Å². The number of sulfonamides is 1. The number of nitrogens with one attached hydrogen (secondary N) is 2. The Balaban J connectivity index is 1.71. The number of benzene rings is 2. The summed E-state index contributed by atoms with van der Waals surface area (Å²) in [5, 5.41) is 5.43. The fourth-order valence-corrected chi connectivity index (χ4v) is 4.46. The molecule has 2 N–H and O–H groups in total. The Labute approximate surface area is 155 Å². The molecule has 0 aliphatic carbocycles. The predicted molar refractivity (Wildman–Crippen MR) is 103 cm³/mol. The predicted octanol–water partition coefficient (Wildman–Crippen LogP) is 4.95. The summed E-state index contributed by atoms with van der Waals surface area (Å²) in [6, 6.07) is 15.6. The van der Waals surface area contributed by atoms with Gasteiger partial charge in [-0.3, -0.25) is 4.72 Å². The van der Waals surface area contributed by atoms with Gasteiger partial charge in [0.05, 0.1) is 12.1 Å². The summed E-state index contributed by atoms with van der Waals surface area (Å²) in [7, 11) is -1.98. The summed E-state index contributed by atoms with van der Waals surface area (Å²) in [6.07, 6.45) is 0. The van der Waals surface area contributed by atoms with Crippen LogP contribution in [0.2, 0.25) is 5.02 Å². The molecule has 0 radical (unpaired) electrons. The third-order valence-electron chi connectivity index (χ3n) is 3.34. The minimum absolute atomic E-state index is 0.280. The molecule has 0 bridgehead atoms. The van der Waals surface area contributed by atoms with Gasteiger partial charge in [0, 0.05) is 17.1 Å². The van der Waals surface area contributed by atoms with Gasteiger partial charge < -0.3 is 10.1 Å². The maximum absolute atomic E-state index is 12.2. The maximum atomic E-state index is 12.2. The van der Waals surface area contributed by atoms with Crippen LogP contribution in [0, 0.1) is 0 Å². The van der Waals surface area contributed by atoms with E-state index < -0.39 is 10.0 Å². The Morgan fingerprint density at radius 3 is 2.28 bits per heavy atom. The van der Waals surface area contributed by atoms with Gasteiger partial charge in [0.2, 0.25) is 0 Å². The highest BCUT2D eigenvalue weighted by Crippen LogP contribution is 2.29. The van der Waals surface area contributed by atoms with E-state index in [-0.39, 0.29) is 4.21 Å². The van der Waals surface area contributed by atoms with Crippen molar-refractivity contribution in [2.75, 3.05) is 17.1 Å². The van der Waals surface area contributed by atoms with Crippen LogP contribution in [0.15, 0.2) is 64.2 Å². The molecule has 0 saturated heterocycles. The monoisotopic (exact) mass is 394 g/mol. The summed E-state index contributed by atoms with van der Waals surface area (Å²) in [4.78, 5) is 0. The molecule has 0 aliphatic heterocycles. The average Bonchev–Trinajstić information content (AvgIpc) is 3.12. The van der Waals surface area contributed by atoms with E-state index in [0.29, 0.717) is 16.5 Å². The van der Waals surface area contributed by atoms with E-state index in [1.165, 1.54) is 11.3 Å². The SMILES string of the molecule is COc1ccc(Nc2ccc(NS(=O)(=O)c3cccs3)cc2)cc1Cl. The second-order valence-corrected chi connectivity index (χ2v) is 8.35. The molecule has 0 amide bonds. The number of thiophene rings is 1. The molecule has 0 spiro atoms. The van der Waals surface area contributed by atoms with E-state index >= 15 is 0 Å². The number of hydrogen-bond acceptors (Lipinski definition) is 5. The van der Waals surface area contributed by atoms with Crippen molar-refractivity contribution in [3.63, 3.8) is 0 Å². The standard InChI is InChI=1S/C17H15ClN2O3S2/c1-23-16-9-8-14(11-15(16)18)19-12-4-6-13(7-5-12)20-25(21,22)17-3-2-10-24-17/h2-11,19-20H,1H3. The summed E-state index contributed by atoms with van der Waals surface area (Å²) < 4.78 is 32.3. The van der Waals surface area contributed by atoms with Gasteiger partial charge >= 0.3 is 0 Å². The van der Waals surface area contributed by atoms with Crippen LogP contribution in [0.4, 0.5) is 17.1 Å². The molecule has 1 aromatic heterocycles. The zero-order valence-corrected chi connectivity index (χ0v) is 15.6. The zero-order valence-electron chi connectivity index (χ0n) is 13.2. The van der Waals surface area contributed by atoms with Crippen LogP contribution in [-0.4, -0.2) is 15.5 Å². The molecule has 3 rings (SSSR count). The zero-order chi connectivity index (χ0) is 17.9. The van der Waals surface area contributed by atoms with E-state index in [0.717, 1.165) is 11.4 Å². The normalized spacial score (nSPS) is 11.1. The van der Waals surface area contributed by atoms with E-state index in [4.69, 9.17) is 16.3 Å². The van der Waals surface area contributed by atoms with Gasteiger partial charge in [-0.05, 0) is 53.9 Å². The van der Waals surface area contributed by atoms with E-state index in [2.05, 4.69) is 10.0 Å². The van der Waals surface area contributed by atoms with Crippen molar-refractivity contribution in [1.29, 1.82) is 0 Å². The fourth-order valence-electron chi connectivity index (χ4n) is 2.15. The van der Waals surface area contributed by atoms with Gasteiger partial charge in [-0.2, -0.15) is 0 Å². The van der Waals surface area contributed by atoms with E-state index in [1.54, 1.807) is 61.0 Å². The molecule has 130 valence electrons. The Bertz CT molecular complexity index is 956. The lowest BCUT2D eigenvalue weighted by Gasteiger charge is -2.10. The molecule has 0 aliphatic rings. The lowest BCUT2D eigenvalue weighted by molar-refractivity contribution is 0.415. The van der Waals surface area contributed by atoms with Crippen LogP contribution in [0.3, 0.4) is 0 Å². The van der Waals surface area contributed by atoms with Crippen LogP contribution >= 0.6 is 22.9 Å². The summed E-state index contributed by atoms with van der Waals surface area (Å²) in [5.74, 6) is 0.602. The molecular weight excluding hydrogens is 380 g/mol. The molecule has 8 heteroatoms. The summed E-state index contributed by atoms with van der Waals surface area (Å²) in [6.45, 7) is 0. The van der Waals surface area contributed by atoms with Gasteiger partial charge in [0.25, 0.3) is 10.0 Å². The van der Waals surface area contributed by atoms with Gasteiger partial charge in [-0.25, -0.2) is 8.42 Å². The first-order chi connectivity index (χ1) is 12.0. The highest BCUT2D eigenvalue weighted by atomic mass is 35.5. The van der Waals surface area contributed by atoms with Crippen molar-refractivity contribution in [1.82, 2.24) is 0 Å². The third kappa shape index (κ3) is 4.25. The minimum Gasteiger partial charge on any atom is -0.495 e. The number of anilines is 3. The molecular formula is C17H15ClN2O3S2. The summed E-state index contributed by atoms with van der Waals surface area (Å²) in [5.41, 5.74) is 2.10. The Morgan fingerprint density at radius 2 is 1.68 bits per heavy atom. The summed E-state index contributed by atoms with van der Waals surface area (Å²) >= 11 is 7.27. The molecule has 0 unspecified atom stereocenters. The number of hydrogen-bond donors (Lipinski definition) is 2. The van der Waals surface area contributed by atoms with Crippen LogP contribution in [0.5, 0.6) is 5.75 Å². The van der Waals surface area contributed by atoms with Gasteiger partial charge in [-0.15, -0.1) is 11.3 Å². The van der Waals surface area contributed by atoms with Crippen LogP contribution in [0.25, 0.3) is 0 Å². The lowest BCUT2D eigenvalue weighted by Crippen LogP contribution is -2.11. The van der Waals surface area contributed by atoms with E-state index in [1.807, 2.05) is 6.07 Å². The average molecular weight is 395 g/mol. The van der Waals surface area contributed by atoms with Crippen LogP contribution in [0.1, 0.15) is 0 Å². The smallest absolute Gasteiger partial charge is 0.271 e. The Hall–Kier alpha value is -2.22. The number of rotatable bonds is 6. The van der Waals surface area contributed by atoms with Gasteiger partial charge in [0.15, 0.2) is 0 Å². The number of methoxy groups -OCH3 is 1. The van der Waals surface area contributed by atoms with Crippen molar-refractivity contribution < 1.29 is 13.2 Å². The third-order valence-corrected chi connectivity index (χ3v) is 6.41. The van der Waals surface area contributed by atoms with Crippen LogP contribution < -0.4 is 14.8 Å². The first-order valence-electron chi connectivity index (χ1n) is 7.25.